The molecule has 76 valence electrons. The molecule has 1 aromatic heterocycles. The Hall–Kier alpha value is -0.870. The summed E-state index contributed by atoms with van der Waals surface area (Å²) in [5, 5.41) is 14.3. The average molecular weight is 211 g/mol. The van der Waals surface area contributed by atoms with E-state index >= 15 is 0 Å². The van der Waals surface area contributed by atoms with Crippen molar-refractivity contribution in [2.75, 3.05) is 13.1 Å². The van der Waals surface area contributed by atoms with Crippen LogP contribution in [0.2, 0.25) is 0 Å². The molecule has 2 atom stereocenters. The molecule has 1 aliphatic rings. The normalized spacial score (nSPS) is 27.4. The zero-order valence-electron chi connectivity index (χ0n) is 7.77. The summed E-state index contributed by atoms with van der Waals surface area (Å²) in [5.74, 6) is -0.721. The lowest BCUT2D eigenvalue weighted by Crippen LogP contribution is -2.38. The highest BCUT2D eigenvalue weighted by Gasteiger charge is 2.32. The number of aliphatic carboxylic acids is 1. The number of hydrogen-bond acceptors (Lipinski definition) is 3. The molecule has 2 N–H and O–H groups in total. The number of rotatable bonds is 2. The molecule has 2 heterocycles. The molecule has 14 heavy (non-hydrogen) atoms. The maximum Gasteiger partial charge on any atom is 0.307 e. The molecule has 1 fully saturated rings. The van der Waals surface area contributed by atoms with Crippen molar-refractivity contribution in [2.45, 2.75) is 12.3 Å². The SMILES string of the molecule is O=C(O)C1CCNCC1c1cccs1. The van der Waals surface area contributed by atoms with Crippen molar-refractivity contribution < 1.29 is 9.90 Å². The summed E-state index contributed by atoms with van der Waals surface area (Å²) < 4.78 is 0. The van der Waals surface area contributed by atoms with Gasteiger partial charge in [-0.1, -0.05) is 6.07 Å². The van der Waals surface area contributed by atoms with Crippen LogP contribution in [0.4, 0.5) is 0 Å². The lowest BCUT2D eigenvalue weighted by molar-refractivity contribution is -0.143. The van der Waals surface area contributed by atoms with E-state index in [-0.39, 0.29) is 11.8 Å². The zero-order chi connectivity index (χ0) is 9.97. The highest BCUT2D eigenvalue weighted by Crippen LogP contribution is 2.32. The summed E-state index contributed by atoms with van der Waals surface area (Å²) in [7, 11) is 0. The second kappa shape index (κ2) is 4.11. The highest BCUT2D eigenvalue weighted by molar-refractivity contribution is 7.10. The third-order valence-corrected chi connectivity index (χ3v) is 3.71. The molecule has 0 aliphatic carbocycles. The lowest BCUT2D eigenvalue weighted by Gasteiger charge is -2.28. The van der Waals surface area contributed by atoms with Gasteiger partial charge in [0.2, 0.25) is 0 Å². The van der Waals surface area contributed by atoms with Crippen LogP contribution in [0.3, 0.4) is 0 Å². The number of piperidine rings is 1. The Morgan fingerprint density at radius 1 is 1.64 bits per heavy atom. The molecular weight excluding hydrogens is 198 g/mol. The largest absolute Gasteiger partial charge is 0.481 e. The fourth-order valence-corrected chi connectivity index (χ4v) is 2.85. The fourth-order valence-electron chi connectivity index (χ4n) is 1.96. The zero-order valence-corrected chi connectivity index (χ0v) is 8.59. The summed E-state index contributed by atoms with van der Waals surface area (Å²) in [4.78, 5) is 12.2. The predicted molar refractivity (Wildman–Crippen MR) is 55.7 cm³/mol. The minimum atomic E-state index is -0.662. The van der Waals surface area contributed by atoms with E-state index in [2.05, 4.69) is 5.32 Å². The van der Waals surface area contributed by atoms with Gasteiger partial charge in [-0.15, -0.1) is 11.3 Å². The first-order chi connectivity index (χ1) is 6.79. The molecule has 3 nitrogen and oxygen atoms in total. The standard InChI is InChI=1S/C10H13NO2S/c12-10(13)7-3-4-11-6-8(7)9-2-1-5-14-9/h1-2,5,7-8,11H,3-4,6H2,(H,12,13). The Morgan fingerprint density at radius 2 is 2.50 bits per heavy atom. The number of hydrogen-bond donors (Lipinski definition) is 2. The predicted octanol–water partition coefficient (Wildman–Crippen LogP) is 1.53. The van der Waals surface area contributed by atoms with Gasteiger partial charge < -0.3 is 10.4 Å². The second-order valence-corrected chi connectivity index (χ2v) is 4.54. The van der Waals surface area contributed by atoms with Crippen LogP contribution in [0, 0.1) is 5.92 Å². The number of carboxylic acids is 1. The average Bonchev–Trinajstić information content (AvgIpc) is 2.70. The molecular formula is C10H13NO2S. The second-order valence-electron chi connectivity index (χ2n) is 3.56. The summed E-state index contributed by atoms with van der Waals surface area (Å²) in [6.45, 7) is 1.61. The van der Waals surface area contributed by atoms with Crippen molar-refractivity contribution in [3.8, 4) is 0 Å². The van der Waals surface area contributed by atoms with Crippen molar-refractivity contribution in [3.05, 3.63) is 22.4 Å². The van der Waals surface area contributed by atoms with E-state index in [9.17, 15) is 4.79 Å². The van der Waals surface area contributed by atoms with E-state index in [4.69, 9.17) is 5.11 Å². The van der Waals surface area contributed by atoms with Crippen molar-refractivity contribution in [1.29, 1.82) is 0 Å². The van der Waals surface area contributed by atoms with Gasteiger partial charge in [0, 0.05) is 17.3 Å². The summed E-state index contributed by atoms with van der Waals surface area (Å²) in [6.07, 6.45) is 0.734. The van der Waals surface area contributed by atoms with Crippen LogP contribution >= 0.6 is 11.3 Å². The van der Waals surface area contributed by atoms with Crippen LogP contribution in [0.1, 0.15) is 17.2 Å². The van der Waals surface area contributed by atoms with E-state index in [0.29, 0.717) is 0 Å². The van der Waals surface area contributed by atoms with Crippen molar-refractivity contribution >= 4 is 17.3 Å². The Bertz CT molecular complexity index is 310. The quantitative estimate of drug-likeness (QED) is 0.780. The topological polar surface area (TPSA) is 49.3 Å². The molecule has 0 amide bonds. The van der Waals surface area contributed by atoms with Gasteiger partial charge in [0.05, 0.1) is 5.92 Å². The monoisotopic (exact) mass is 211 g/mol. The Morgan fingerprint density at radius 3 is 3.14 bits per heavy atom. The van der Waals surface area contributed by atoms with E-state index in [0.717, 1.165) is 19.5 Å². The van der Waals surface area contributed by atoms with E-state index in [1.165, 1.54) is 4.88 Å². The first-order valence-electron chi connectivity index (χ1n) is 4.76. The molecule has 0 spiro atoms. The van der Waals surface area contributed by atoms with Gasteiger partial charge in [0.15, 0.2) is 0 Å². The smallest absolute Gasteiger partial charge is 0.307 e. The minimum Gasteiger partial charge on any atom is -0.481 e. The maximum atomic E-state index is 11.0. The molecule has 4 heteroatoms. The van der Waals surface area contributed by atoms with Crippen LogP contribution in [0.5, 0.6) is 0 Å². The third kappa shape index (κ3) is 1.81. The van der Waals surface area contributed by atoms with Gasteiger partial charge >= 0.3 is 5.97 Å². The van der Waals surface area contributed by atoms with Gasteiger partial charge in [0.1, 0.15) is 0 Å². The lowest BCUT2D eigenvalue weighted by atomic mass is 9.85. The molecule has 2 unspecified atom stereocenters. The minimum absolute atomic E-state index is 0.154. The summed E-state index contributed by atoms with van der Waals surface area (Å²) >= 11 is 1.65. The van der Waals surface area contributed by atoms with Crippen LogP contribution in [-0.2, 0) is 4.79 Å². The summed E-state index contributed by atoms with van der Waals surface area (Å²) in [5.41, 5.74) is 0. The number of thiophene rings is 1. The highest BCUT2D eigenvalue weighted by atomic mass is 32.1. The number of nitrogens with one attached hydrogen (secondary N) is 1. The third-order valence-electron chi connectivity index (χ3n) is 2.71. The van der Waals surface area contributed by atoms with Gasteiger partial charge in [-0.25, -0.2) is 0 Å². The van der Waals surface area contributed by atoms with Crippen LogP contribution < -0.4 is 5.32 Å². The van der Waals surface area contributed by atoms with Crippen LogP contribution in [-0.4, -0.2) is 24.2 Å². The van der Waals surface area contributed by atoms with Gasteiger partial charge in [0.25, 0.3) is 0 Å². The Balaban J connectivity index is 2.18. The summed E-state index contributed by atoms with van der Waals surface area (Å²) in [6, 6.07) is 4.01. The maximum absolute atomic E-state index is 11.0. The molecule has 2 rings (SSSR count). The Kier molecular flexibility index (Phi) is 2.84. The molecule has 1 saturated heterocycles. The van der Waals surface area contributed by atoms with Gasteiger partial charge in [-0.2, -0.15) is 0 Å². The van der Waals surface area contributed by atoms with E-state index in [1.54, 1.807) is 11.3 Å². The van der Waals surface area contributed by atoms with Gasteiger partial charge in [-0.3, -0.25) is 4.79 Å². The number of carboxylic acid groups (broad SMARTS) is 1. The van der Waals surface area contributed by atoms with Crippen molar-refractivity contribution in [2.24, 2.45) is 5.92 Å². The van der Waals surface area contributed by atoms with E-state index < -0.39 is 5.97 Å². The number of carbonyl (C=O) groups is 1. The fraction of sp³-hybridized carbons (Fsp3) is 0.500. The molecule has 0 radical (unpaired) electrons. The van der Waals surface area contributed by atoms with E-state index in [1.807, 2.05) is 17.5 Å². The first kappa shape index (κ1) is 9.68. The van der Waals surface area contributed by atoms with Crippen LogP contribution in [0.15, 0.2) is 17.5 Å². The van der Waals surface area contributed by atoms with Gasteiger partial charge in [-0.05, 0) is 24.4 Å². The molecule has 0 bridgehead atoms. The van der Waals surface area contributed by atoms with Crippen molar-refractivity contribution in [3.63, 3.8) is 0 Å². The van der Waals surface area contributed by atoms with Crippen LogP contribution in [0.25, 0.3) is 0 Å². The molecule has 0 aromatic carbocycles. The van der Waals surface area contributed by atoms with Crippen molar-refractivity contribution in [1.82, 2.24) is 5.32 Å². The molecule has 1 aliphatic heterocycles. The molecule has 1 aromatic rings. The molecule has 0 saturated carbocycles. The Labute approximate surface area is 86.8 Å². The first-order valence-corrected chi connectivity index (χ1v) is 5.64.